The van der Waals surface area contributed by atoms with E-state index in [1.54, 1.807) is 19.9 Å². The number of piperazine rings is 1. The topological polar surface area (TPSA) is 78.7 Å². The highest BCUT2D eigenvalue weighted by molar-refractivity contribution is 8.01. The third-order valence-electron chi connectivity index (χ3n) is 4.53. The Kier molecular flexibility index (Phi) is 6.85. The summed E-state index contributed by atoms with van der Waals surface area (Å²) in [5.41, 5.74) is 0.999. The number of halogens is 1. The molecule has 0 saturated carbocycles. The molecule has 0 bridgehead atoms. The first-order valence-electron chi connectivity index (χ1n) is 9.07. The molecule has 0 aliphatic carbocycles. The molecule has 28 heavy (non-hydrogen) atoms. The van der Waals surface area contributed by atoms with Crippen molar-refractivity contribution in [1.82, 2.24) is 10.1 Å². The molecule has 0 radical (unpaired) electrons. The lowest BCUT2D eigenvalue weighted by Crippen LogP contribution is -2.49. The number of hydrogen-bond acceptors (Lipinski definition) is 6. The molecule has 2 heterocycles. The van der Waals surface area contributed by atoms with E-state index in [1.165, 1.54) is 11.8 Å². The number of nitrogens with zero attached hydrogens (tertiary/aromatic N) is 3. The molecule has 2 amide bonds. The van der Waals surface area contributed by atoms with Crippen molar-refractivity contribution in [3.8, 4) is 0 Å². The maximum absolute atomic E-state index is 12.5. The van der Waals surface area contributed by atoms with Crippen molar-refractivity contribution >= 4 is 46.7 Å². The van der Waals surface area contributed by atoms with Gasteiger partial charge >= 0.3 is 0 Å². The number of carbonyl (C=O) groups is 2. The second-order valence-corrected chi connectivity index (χ2v) is 8.32. The summed E-state index contributed by atoms with van der Waals surface area (Å²) in [5.74, 6) is 1.12. The van der Waals surface area contributed by atoms with Gasteiger partial charge in [-0.3, -0.25) is 9.59 Å². The number of amides is 2. The minimum Gasteiger partial charge on any atom is -0.367 e. The zero-order valence-corrected chi connectivity index (χ0v) is 17.4. The van der Waals surface area contributed by atoms with E-state index in [9.17, 15) is 9.59 Å². The number of aromatic nitrogens is 1. The van der Waals surface area contributed by atoms with Gasteiger partial charge in [0.15, 0.2) is 5.82 Å². The molecule has 2 aromatic rings. The SMILES string of the molecule is Cc1cc(NC(=O)[C@@H](C)SCC(=O)N2CCN(c3ccccc3Cl)CC2)no1. The van der Waals surface area contributed by atoms with Gasteiger partial charge in [-0.1, -0.05) is 28.9 Å². The van der Waals surface area contributed by atoms with Crippen LogP contribution in [-0.2, 0) is 9.59 Å². The highest BCUT2D eigenvalue weighted by Gasteiger charge is 2.24. The van der Waals surface area contributed by atoms with Crippen LogP contribution in [0.15, 0.2) is 34.9 Å². The van der Waals surface area contributed by atoms with Crippen molar-refractivity contribution in [3.63, 3.8) is 0 Å². The number of carbonyl (C=O) groups excluding carboxylic acids is 2. The van der Waals surface area contributed by atoms with Gasteiger partial charge in [0.05, 0.1) is 21.7 Å². The van der Waals surface area contributed by atoms with Gasteiger partial charge in [-0.25, -0.2) is 0 Å². The highest BCUT2D eigenvalue weighted by Crippen LogP contribution is 2.26. The molecule has 1 aliphatic rings. The standard InChI is InChI=1S/C19H23ClN4O3S/c1-13-11-17(22-27-13)21-19(26)14(2)28-12-18(25)24-9-7-23(8-10-24)16-6-4-3-5-15(16)20/h3-6,11,14H,7-10,12H2,1-2H3,(H,21,22,26)/t14-/m1/s1. The number of para-hydroxylation sites is 1. The smallest absolute Gasteiger partial charge is 0.238 e. The number of aryl methyl sites for hydroxylation is 1. The Morgan fingerprint density at radius 1 is 1.29 bits per heavy atom. The number of nitrogens with one attached hydrogen (secondary N) is 1. The molecule has 1 aliphatic heterocycles. The van der Waals surface area contributed by atoms with Gasteiger partial charge in [0.2, 0.25) is 11.8 Å². The van der Waals surface area contributed by atoms with Gasteiger partial charge in [0.25, 0.3) is 0 Å². The van der Waals surface area contributed by atoms with E-state index in [0.29, 0.717) is 24.7 Å². The van der Waals surface area contributed by atoms with Crippen LogP contribution in [0.5, 0.6) is 0 Å². The highest BCUT2D eigenvalue weighted by atomic mass is 35.5. The Morgan fingerprint density at radius 3 is 2.64 bits per heavy atom. The number of anilines is 2. The van der Waals surface area contributed by atoms with Crippen molar-refractivity contribution < 1.29 is 14.1 Å². The van der Waals surface area contributed by atoms with E-state index in [4.69, 9.17) is 16.1 Å². The fourth-order valence-electron chi connectivity index (χ4n) is 2.92. The van der Waals surface area contributed by atoms with Crippen LogP contribution in [0.25, 0.3) is 0 Å². The molecule has 1 aromatic heterocycles. The van der Waals surface area contributed by atoms with Gasteiger partial charge in [0, 0.05) is 32.2 Å². The first kappa shape index (κ1) is 20.5. The molecule has 0 unspecified atom stereocenters. The summed E-state index contributed by atoms with van der Waals surface area (Å²) in [6.45, 7) is 6.29. The Labute approximate surface area is 173 Å². The van der Waals surface area contributed by atoms with Gasteiger partial charge in [-0.05, 0) is 26.0 Å². The molecule has 3 rings (SSSR count). The monoisotopic (exact) mass is 422 g/mol. The number of thioether (sulfide) groups is 1. The molecule has 0 spiro atoms. The van der Waals surface area contributed by atoms with Crippen molar-refractivity contribution in [2.24, 2.45) is 0 Å². The third-order valence-corrected chi connectivity index (χ3v) is 5.98. The van der Waals surface area contributed by atoms with Gasteiger partial charge in [-0.15, -0.1) is 11.8 Å². The Morgan fingerprint density at radius 2 is 2.00 bits per heavy atom. The summed E-state index contributed by atoms with van der Waals surface area (Å²) >= 11 is 7.57. The van der Waals surface area contributed by atoms with E-state index < -0.39 is 0 Å². The lowest BCUT2D eigenvalue weighted by molar-refractivity contribution is -0.128. The van der Waals surface area contributed by atoms with Gasteiger partial charge < -0.3 is 19.6 Å². The zero-order valence-electron chi connectivity index (χ0n) is 15.9. The molecule has 1 atom stereocenters. The fourth-order valence-corrected chi connectivity index (χ4v) is 3.96. The van der Waals surface area contributed by atoms with Crippen LogP contribution in [-0.4, -0.2) is 59.1 Å². The first-order chi connectivity index (χ1) is 13.4. The molecule has 1 aromatic carbocycles. The van der Waals surface area contributed by atoms with Crippen molar-refractivity contribution in [3.05, 3.63) is 41.1 Å². The summed E-state index contributed by atoms with van der Waals surface area (Å²) in [6.07, 6.45) is 0. The summed E-state index contributed by atoms with van der Waals surface area (Å²) in [6, 6.07) is 9.38. The largest absolute Gasteiger partial charge is 0.367 e. The minimum absolute atomic E-state index is 0.0424. The van der Waals surface area contributed by atoms with Crippen molar-refractivity contribution in [1.29, 1.82) is 0 Å². The molecule has 1 fully saturated rings. The molecule has 7 nitrogen and oxygen atoms in total. The molecular formula is C19H23ClN4O3S. The number of hydrogen-bond donors (Lipinski definition) is 1. The predicted molar refractivity (Wildman–Crippen MR) is 112 cm³/mol. The number of rotatable bonds is 6. The summed E-state index contributed by atoms with van der Waals surface area (Å²) in [7, 11) is 0. The van der Waals surface area contributed by atoms with E-state index >= 15 is 0 Å². The zero-order chi connectivity index (χ0) is 20.1. The lowest BCUT2D eigenvalue weighted by atomic mass is 10.2. The second-order valence-electron chi connectivity index (χ2n) is 6.58. The molecular weight excluding hydrogens is 400 g/mol. The second kappa shape index (κ2) is 9.34. The lowest BCUT2D eigenvalue weighted by Gasteiger charge is -2.36. The van der Waals surface area contributed by atoms with E-state index in [0.717, 1.165) is 23.8 Å². The van der Waals surface area contributed by atoms with Crippen LogP contribution in [0.3, 0.4) is 0 Å². The van der Waals surface area contributed by atoms with Crippen LogP contribution in [0, 0.1) is 6.92 Å². The predicted octanol–water partition coefficient (Wildman–Crippen LogP) is 3.05. The first-order valence-corrected chi connectivity index (χ1v) is 10.5. The van der Waals surface area contributed by atoms with Crippen molar-refractivity contribution in [2.45, 2.75) is 19.1 Å². The summed E-state index contributed by atoms with van der Waals surface area (Å²) in [5, 5.41) is 6.78. The molecule has 1 saturated heterocycles. The van der Waals surface area contributed by atoms with Crippen LogP contribution >= 0.6 is 23.4 Å². The third kappa shape index (κ3) is 5.20. The minimum atomic E-state index is -0.370. The maximum atomic E-state index is 12.5. The van der Waals surface area contributed by atoms with Crippen molar-refractivity contribution in [2.75, 3.05) is 42.1 Å². The molecule has 9 heteroatoms. The molecule has 150 valence electrons. The maximum Gasteiger partial charge on any atom is 0.238 e. The van der Waals surface area contributed by atoms with Crippen LogP contribution in [0.2, 0.25) is 5.02 Å². The van der Waals surface area contributed by atoms with E-state index in [2.05, 4.69) is 15.4 Å². The van der Waals surface area contributed by atoms with Crippen LogP contribution in [0.4, 0.5) is 11.5 Å². The number of benzene rings is 1. The molecule has 1 N–H and O–H groups in total. The summed E-state index contributed by atoms with van der Waals surface area (Å²) in [4.78, 5) is 28.7. The van der Waals surface area contributed by atoms with Crippen LogP contribution < -0.4 is 10.2 Å². The average molecular weight is 423 g/mol. The van der Waals surface area contributed by atoms with E-state index in [1.807, 2.05) is 29.2 Å². The average Bonchev–Trinajstić information content (AvgIpc) is 3.11. The Balaban J connectivity index is 1.43. The normalized spacial score (nSPS) is 15.4. The fraction of sp³-hybridized carbons (Fsp3) is 0.421. The van der Waals surface area contributed by atoms with Crippen LogP contribution in [0.1, 0.15) is 12.7 Å². The van der Waals surface area contributed by atoms with Gasteiger partial charge in [0.1, 0.15) is 5.76 Å². The quantitative estimate of drug-likeness (QED) is 0.770. The summed E-state index contributed by atoms with van der Waals surface area (Å²) < 4.78 is 4.93. The Bertz CT molecular complexity index is 836. The van der Waals surface area contributed by atoms with E-state index in [-0.39, 0.29) is 22.8 Å². The Hall–Kier alpha value is -2.19. The van der Waals surface area contributed by atoms with Gasteiger partial charge in [-0.2, -0.15) is 0 Å².